The topological polar surface area (TPSA) is 46.5 Å². The molecule has 0 spiro atoms. The molecule has 0 saturated carbocycles. The number of rotatable bonds is 7. The Labute approximate surface area is 154 Å². The number of carbonyl (C=O) groups is 1. The standard InChI is InChI=1S/C20H24NO3.ClH/c1-21(2,9-11-24-12-10-22)14-17-13-16-7-3-5-15-6-4-8-18(19(15)16)20(17)23;/h3-8,13,22H,9-12,14H2,1-2H3;1H/q+1;/p-1. The number of hydrogen-bond donors (Lipinski definition) is 1. The highest BCUT2D eigenvalue weighted by molar-refractivity contribution is 6.22. The summed E-state index contributed by atoms with van der Waals surface area (Å²) in [7, 11) is 4.19. The lowest BCUT2D eigenvalue weighted by molar-refractivity contribution is -0.885. The number of hydrogen-bond acceptors (Lipinski definition) is 3. The maximum Gasteiger partial charge on any atom is 0.195 e. The van der Waals surface area contributed by atoms with E-state index < -0.39 is 0 Å². The van der Waals surface area contributed by atoms with E-state index in [2.05, 4.69) is 20.2 Å². The Morgan fingerprint density at radius 2 is 1.80 bits per heavy atom. The van der Waals surface area contributed by atoms with Gasteiger partial charge in [0.05, 0.1) is 39.5 Å². The zero-order valence-corrected chi connectivity index (χ0v) is 15.4. The van der Waals surface area contributed by atoms with E-state index in [-0.39, 0.29) is 24.8 Å². The molecular weight excluding hydrogens is 338 g/mol. The molecule has 0 fully saturated rings. The van der Waals surface area contributed by atoms with Gasteiger partial charge in [-0.3, -0.25) is 4.79 Å². The number of aliphatic hydroxyl groups is 1. The van der Waals surface area contributed by atoms with Gasteiger partial charge in [0.1, 0.15) is 13.1 Å². The average Bonchev–Trinajstić information content (AvgIpc) is 2.56. The number of ketones is 1. The summed E-state index contributed by atoms with van der Waals surface area (Å²) in [5.74, 6) is 0.127. The molecule has 0 aliphatic heterocycles. The van der Waals surface area contributed by atoms with Crippen molar-refractivity contribution >= 4 is 22.6 Å². The van der Waals surface area contributed by atoms with Crippen LogP contribution in [-0.4, -0.2) is 62.4 Å². The number of halogens is 1. The van der Waals surface area contributed by atoms with Crippen LogP contribution in [0.2, 0.25) is 0 Å². The second-order valence-electron chi connectivity index (χ2n) is 6.90. The summed E-state index contributed by atoms with van der Waals surface area (Å²) in [6.45, 7) is 2.42. The molecule has 1 aliphatic carbocycles. The molecule has 0 unspecified atom stereocenters. The van der Waals surface area contributed by atoms with Gasteiger partial charge in [0.2, 0.25) is 0 Å². The fourth-order valence-electron chi connectivity index (χ4n) is 3.24. The third kappa shape index (κ3) is 4.28. The number of benzene rings is 2. The first kappa shape index (κ1) is 19.6. The van der Waals surface area contributed by atoms with E-state index in [1.54, 1.807) is 0 Å². The monoisotopic (exact) mass is 361 g/mol. The second kappa shape index (κ2) is 8.11. The first-order valence-corrected chi connectivity index (χ1v) is 8.29. The van der Waals surface area contributed by atoms with Crippen LogP contribution in [0.4, 0.5) is 0 Å². The van der Waals surface area contributed by atoms with Crippen LogP contribution in [0.5, 0.6) is 0 Å². The molecule has 0 radical (unpaired) electrons. The Balaban J connectivity index is 0.00000225. The van der Waals surface area contributed by atoms with E-state index in [9.17, 15) is 4.79 Å². The Kier molecular flexibility index (Phi) is 6.36. The van der Waals surface area contributed by atoms with Gasteiger partial charge in [0.15, 0.2) is 5.78 Å². The van der Waals surface area contributed by atoms with Crippen LogP contribution in [0, 0.1) is 0 Å². The summed E-state index contributed by atoms with van der Waals surface area (Å²) in [4.78, 5) is 12.9. The Hall–Kier alpha value is -1.72. The maximum atomic E-state index is 12.9. The highest BCUT2D eigenvalue weighted by Gasteiger charge is 2.27. The van der Waals surface area contributed by atoms with Gasteiger partial charge >= 0.3 is 0 Å². The van der Waals surface area contributed by atoms with Gasteiger partial charge in [-0.2, -0.15) is 0 Å². The average molecular weight is 362 g/mol. The first-order chi connectivity index (χ1) is 11.5. The molecule has 0 bridgehead atoms. The van der Waals surface area contributed by atoms with Crippen molar-refractivity contribution in [2.45, 2.75) is 0 Å². The van der Waals surface area contributed by atoms with Gasteiger partial charge in [-0.15, -0.1) is 0 Å². The van der Waals surface area contributed by atoms with E-state index in [0.29, 0.717) is 24.2 Å². The molecule has 5 heteroatoms. The Bertz CT molecular complexity index is 793. The summed E-state index contributed by atoms with van der Waals surface area (Å²) < 4.78 is 6.04. The maximum absolute atomic E-state index is 12.9. The number of quaternary nitrogens is 1. The molecule has 0 aromatic heterocycles. The predicted molar refractivity (Wildman–Crippen MR) is 96.0 cm³/mol. The van der Waals surface area contributed by atoms with Gasteiger partial charge in [-0.05, 0) is 17.0 Å². The molecule has 0 amide bonds. The van der Waals surface area contributed by atoms with Crippen molar-refractivity contribution < 1.29 is 31.5 Å². The van der Waals surface area contributed by atoms with Crippen LogP contribution in [-0.2, 0) is 4.74 Å². The molecule has 1 N–H and O–H groups in total. The third-order valence-electron chi connectivity index (χ3n) is 4.48. The summed E-state index contributed by atoms with van der Waals surface area (Å²) in [5.41, 5.74) is 2.76. The summed E-state index contributed by atoms with van der Waals surface area (Å²) in [5, 5.41) is 10.9. The van der Waals surface area contributed by atoms with Crippen molar-refractivity contribution in [3.05, 3.63) is 53.1 Å². The molecule has 3 rings (SSSR count). The Morgan fingerprint density at radius 3 is 2.52 bits per heavy atom. The van der Waals surface area contributed by atoms with Gasteiger partial charge in [-0.25, -0.2) is 0 Å². The molecule has 2 aromatic rings. The van der Waals surface area contributed by atoms with E-state index in [0.717, 1.165) is 34.0 Å². The van der Waals surface area contributed by atoms with Crippen LogP contribution < -0.4 is 12.4 Å². The Morgan fingerprint density at radius 1 is 1.08 bits per heavy atom. The number of nitrogens with zero attached hydrogens (tertiary/aromatic N) is 1. The predicted octanol–water partition coefficient (Wildman–Crippen LogP) is -0.491. The molecule has 0 saturated heterocycles. The van der Waals surface area contributed by atoms with Crippen molar-refractivity contribution in [3.63, 3.8) is 0 Å². The second-order valence-corrected chi connectivity index (χ2v) is 6.90. The minimum Gasteiger partial charge on any atom is -1.00 e. The normalized spacial score (nSPS) is 13.6. The molecule has 0 atom stereocenters. The van der Waals surface area contributed by atoms with Crippen molar-refractivity contribution in [2.24, 2.45) is 0 Å². The van der Waals surface area contributed by atoms with E-state index >= 15 is 0 Å². The van der Waals surface area contributed by atoms with Gasteiger partial charge in [0, 0.05) is 10.9 Å². The minimum absolute atomic E-state index is 0. The fraction of sp³-hybridized carbons (Fsp3) is 0.350. The molecule has 0 heterocycles. The molecule has 1 aliphatic rings. The number of carbonyl (C=O) groups excluding carboxylic acids is 1. The zero-order chi connectivity index (χ0) is 17.2. The van der Waals surface area contributed by atoms with Crippen molar-refractivity contribution in [3.8, 4) is 0 Å². The molecule has 2 aromatic carbocycles. The number of ether oxygens (including phenoxy) is 1. The zero-order valence-electron chi connectivity index (χ0n) is 14.7. The summed E-state index contributed by atoms with van der Waals surface area (Å²) in [6, 6.07) is 12.1. The number of likely N-dealkylation sites (N-methyl/N-ethyl adjacent to an activating group) is 1. The van der Waals surface area contributed by atoms with Gasteiger partial charge in [-0.1, -0.05) is 36.4 Å². The van der Waals surface area contributed by atoms with Crippen molar-refractivity contribution in [1.82, 2.24) is 0 Å². The molecule has 25 heavy (non-hydrogen) atoms. The SMILES string of the molecule is C[N+](C)(CCOCCO)CC1=Cc2cccc3cccc(c23)C1=O.[Cl-]. The van der Waals surface area contributed by atoms with Crippen LogP contribution >= 0.6 is 0 Å². The quantitative estimate of drug-likeness (QED) is 0.535. The van der Waals surface area contributed by atoms with Gasteiger partial charge < -0.3 is 26.7 Å². The van der Waals surface area contributed by atoms with E-state index in [4.69, 9.17) is 9.84 Å². The summed E-state index contributed by atoms with van der Waals surface area (Å²) >= 11 is 0. The van der Waals surface area contributed by atoms with E-state index in [1.807, 2.05) is 36.4 Å². The highest BCUT2D eigenvalue weighted by atomic mass is 35.5. The van der Waals surface area contributed by atoms with E-state index in [1.165, 1.54) is 0 Å². The summed E-state index contributed by atoms with van der Waals surface area (Å²) in [6.07, 6.45) is 2.03. The first-order valence-electron chi connectivity index (χ1n) is 8.29. The lowest BCUT2D eigenvalue weighted by atomic mass is 9.87. The molecular formula is C20H24ClNO3. The van der Waals surface area contributed by atoms with Crippen LogP contribution in [0.3, 0.4) is 0 Å². The molecule has 134 valence electrons. The number of Topliss-reactive ketones (excluding diaryl/α,β-unsaturated/α-hetero) is 1. The largest absolute Gasteiger partial charge is 1.00 e. The van der Waals surface area contributed by atoms with Crippen LogP contribution in [0.15, 0.2) is 42.0 Å². The van der Waals surface area contributed by atoms with Crippen molar-refractivity contribution in [2.75, 3.05) is 47.0 Å². The smallest absolute Gasteiger partial charge is 0.195 e. The highest BCUT2D eigenvalue weighted by Crippen LogP contribution is 2.31. The molecule has 4 nitrogen and oxygen atoms in total. The minimum atomic E-state index is 0. The number of aliphatic hydroxyl groups excluding tert-OH is 1. The van der Waals surface area contributed by atoms with Crippen molar-refractivity contribution in [1.29, 1.82) is 0 Å². The van der Waals surface area contributed by atoms with Crippen LogP contribution in [0.1, 0.15) is 15.9 Å². The third-order valence-corrected chi connectivity index (χ3v) is 4.48. The van der Waals surface area contributed by atoms with Gasteiger partial charge in [0.25, 0.3) is 0 Å². The lowest BCUT2D eigenvalue weighted by Crippen LogP contribution is -3.00. The fourth-order valence-corrected chi connectivity index (χ4v) is 3.24. The lowest BCUT2D eigenvalue weighted by Gasteiger charge is -2.31. The van der Waals surface area contributed by atoms with Crippen LogP contribution in [0.25, 0.3) is 16.8 Å².